The molecule has 0 saturated carbocycles. The molecule has 33 heavy (non-hydrogen) atoms. The fourth-order valence-corrected chi connectivity index (χ4v) is 9.60. The molecule has 0 bridgehead atoms. The van der Waals surface area contributed by atoms with Crippen LogP contribution in [0.1, 0.15) is 53.0 Å². The van der Waals surface area contributed by atoms with Gasteiger partial charge < -0.3 is 14.6 Å². The Morgan fingerprint density at radius 1 is 0.758 bits per heavy atom. The van der Waals surface area contributed by atoms with Crippen LogP contribution in [0.4, 0.5) is 0 Å². The minimum Gasteiger partial charge on any atom is -0.405 e. The third kappa shape index (κ3) is 5.82. The van der Waals surface area contributed by atoms with Crippen molar-refractivity contribution < 1.29 is 14.6 Å². The Kier molecular flexibility index (Phi) is 7.96. The van der Waals surface area contributed by atoms with E-state index in [1.54, 1.807) is 6.92 Å². The Hall–Kier alpha value is -2.24. The van der Waals surface area contributed by atoms with Crippen molar-refractivity contribution in [2.24, 2.45) is 0 Å². The Morgan fingerprint density at radius 2 is 1.18 bits per heavy atom. The highest BCUT2D eigenvalue weighted by molar-refractivity contribution is 6.99. The first kappa shape index (κ1) is 25.4. The average molecular weight is 463 g/mol. The maximum atomic E-state index is 11.0. The standard InChI is InChI=1S/C29H38O3Si/c1-23(21-25(30)22-29(5,31)24-15-9-6-10-16-24)32-33(28(2,3)4,26-17-11-7-12-18-26)27-19-13-8-14-20-27/h6-20,23,25,30-31H,21-22H2,1-5H3/t23-,25-,29+/m0/s1. The summed E-state index contributed by atoms with van der Waals surface area (Å²) in [6.07, 6.45) is -0.162. The van der Waals surface area contributed by atoms with E-state index < -0.39 is 20.0 Å². The first-order valence-corrected chi connectivity index (χ1v) is 13.7. The zero-order valence-corrected chi connectivity index (χ0v) is 21.5. The molecule has 0 heterocycles. The molecular formula is C29H38O3Si. The lowest BCUT2D eigenvalue weighted by molar-refractivity contribution is -0.0126. The van der Waals surface area contributed by atoms with Crippen molar-refractivity contribution in [1.82, 2.24) is 0 Å². The minimum atomic E-state index is -2.68. The SMILES string of the molecule is C[C@@H](C[C@H](O)C[C@@](C)(O)c1ccccc1)O[Si](c1ccccc1)(c1ccccc1)C(C)(C)C. The first-order valence-electron chi connectivity index (χ1n) is 11.8. The number of hydrogen-bond donors (Lipinski definition) is 2. The third-order valence-electron chi connectivity index (χ3n) is 6.43. The fourth-order valence-electron chi connectivity index (χ4n) is 4.88. The van der Waals surface area contributed by atoms with Crippen LogP contribution in [0.25, 0.3) is 0 Å². The molecule has 176 valence electrons. The summed E-state index contributed by atoms with van der Waals surface area (Å²) in [4.78, 5) is 0. The summed E-state index contributed by atoms with van der Waals surface area (Å²) in [5.41, 5.74) is -0.290. The molecule has 2 N–H and O–H groups in total. The van der Waals surface area contributed by atoms with Crippen LogP contribution in [0.2, 0.25) is 5.04 Å². The quantitative estimate of drug-likeness (QED) is 0.440. The second-order valence-electron chi connectivity index (χ2n) is 10.3. The van der Waals surface area contributed by atoms with Crippen molar-refractivity contribution in [2.75, 3.05) is 0 Å². The van der Waals surface area contributed by atoms with E-state index in [0.717, 1.165) is 5.56 Å². The summed E-state index contributed by atoms with van der Waals surface area (Å²) in [7, 11) is -2.68. The van der Waals surface area contributed by atoms with Gasteiger partial charge in [0.25, 0.3) is 8.32 Å². The molecule has 0 aromatic heterocycles. The van der Waals surface area contributed by atoms with E-state index in [1.807, 2.05) is 49.4 Å². The molecule has 3 aromatic carbocycles. The summed E-state index contributed by atoms with van der Waals surface area (Å²) in [5, 5.41) is 24.3. The van der Waals surface area contributed by atoms with Gasteiger partial charge in [-0.05, 0) is 41.2 Å². The van der Waals surface area contributed by atoms with Gasteiger partial charge in [-0.3, -0.25) is 0 Å². The predicted molar refractivity (Wildman–Crippen MR) is 139 cm³/mol. The lowest BCUT2D eigenvalue weighted by Gasteiger charge is -2.45. The predicted octanol–water partition coefficient (Wildman–Crippen LogP) is 5.00. The maximum Gasteiger partial charge on any atom is 0.261 e. The Labute approximate surface area is 200 Å². The number of benzene rings is 3. The molecule has 4 heteroatoms. The van der Waals surface area contributed by atoms with Crippen molar-refractivity contribution in [1.29, 1.82) is 0 Å². The van der Waals surface area contributed by atoms with E-state index in [4.69, 9.17) is 4.43 Å². The van der Waals surface area contributed by atoms with Crippen LogP contribution < -0.4 is 10.4 Å². The number of aliphatic hydroxyl groups is 2. The van der Waals surface area contributed by atoms with Crippen LogP contribution in [0.15, 0.2) is 91.0 Å². The Balaban J connectivity index is 1.87. The van der Waals surface area contributed by atoms with E-state index in [2.05, 4.69) is 69.3 Å². The molecule has 0 amide bonds. The van der Waals surface area contributed by atoms with Crippen LogP contribution in [-0.4, -0.2) is 30.7 Å². The van der Waals surface area contributed by atoms with Gasteiger partial charge >= 0.3 is 0 Å². The molecule has 3 nitrogen and oxygen atoms in total. The molecule has 0 unspecified atom stereocenters. The van der Waals surface area contributed by atoms with Crippen molar-refractivity contribution in [3.8, 4) is 0 Å². The third-order valence-corrected chi connectivity index (χ3v) is 11.6. The summed E-state index contributed by atoms with van der Waals surface area (Å²) in [5.74, 6) is 0. The zero-order chi connectivity index (χ0) is 24.1. The van der Waals surface area contributed by atoms with Gasteiger partial charge in [-0.25, -0.2) is 0 Å². The molecule has 0 aliphatic heterocycles. The van der Waals surface area contributed by atoms with Gasteiger partial charge in [0.2, 0.25) is 0 Å². The lowest BCUT2D eigenvalue weighted by Crippen LogP contribution is -2.67. The number of rotatable bonds is 9. The van der Waals surface area contributed by atoms with Gasteiger partial charge in [-0.1, -0.05) is 112 Å². The largest absolute Gasteiger partial charge is 0.405 e. The number of hydrogen-bond acceptors (Lipinski definition) is 3. The highest BCUT2D eigenvalue weighted by atomic mass is 28.4. The smallest absolute Gasteiger partial charge is 0.261 e. The van der Waals surface area contributed by atoms with E-state index in [1.165, 1.54) is 10.4 Å². The summed E-state index contributed by atoms with van der Waals surface area (Å²) in [6, 6.07) is 30.6. The second kappa shape index (κ2) is 10.4. The molecule has 3 atom stereocenters. The normalized spacial score (nSPS) is 16.1. The summed E-state index contributed by atoms with van der Waals surface area (Å²) >= 11 is 0. The molecular weight excluding hydrogens is 424 g/mol. The monoisotopic (exact) mass is 462 g/mol. The van der Waals surface area contributed by atoms with E-state index in [9.17, 15) is 10.2 Å². The van der Waals surface area contributed by atoms with Gasteiger partial charge in [0.1, 0.15) is 0 Å². The molecule has 0 radical (unpaired) electrons. The fraction of sp³-hybridized carbons (Fsp3) is 0.379. The first-order chi connectivity index (χ1) is 15.6. The summed E-state index contributed by atoms with van der Waals surface area (Å²) in [6.45, 7) is 10.6. The van der Waals surface area contributed by atoms with E-state index in [0.29, 0.717) is 6.42 Å². The van der Waals surface area contributed by atoms with Crippen LogP contribution >= 0.6 is 0 Å². The van der Waals surface area contributed by atoms with Crippen LogP contribution in [0, 0.1) is 0 Å². The highest BCUT2D eigenvalue weighted by Crippen LogP contribution is 2.38. The molecule has 0 saturated heterocycles. The molecule has 0 spiro atoms. The Morgan fingerprint density at radius 3 is 1.61 bits per heavy atom. The minimum absolute atomic E-state index is 0.121. The molecule has 0 aliphatic carbocycles. The summed E-state index contributed by atoms with van der Waals surface area (Å²) < 4.78 is 7.06. The highest BCUT2D eigenvalue weighted by Gasteiger charge is 2.51. The van der Waals surface area contributed by atoms with E-state index in [-0.39, 0.29) is 17.6 Å². The van der Waals surface area contributed by atoms with Gasteiger partial charge in [-0.15, -0.1) is 0 Å². The van der Waals surface area contributed by atoms with Crippen LogP contribution in [0.3, 0.4) is 0 Å². The lowest BCUT2D eigenvalue weighted by atomic mass is 9.89. The molecule has 0 fully saturated rings. The number of aliphatic hydroxyl groups excluding tert-OH is 1. The van der Waals surface area contributed by atoms with Crippen molar-refractivity contribution in [2.45, 2.75) is 70.3 Å². The molecule has 0 aliphatic rings. The van der Waals surface area contributed by atoms with Crippen LogP contribution in [0.5, 0.6) is 0 Å². The van der Waals surface area contributed by atoms with Crippen LogP contribution in [-0.2, 0) is 10.0 Å². The molecule has 3 aromatic rings. The Bertz CT molecular complexity index is 942. The van der Waals surface area contributed by atoms with Gasteiger partial charge in [-0.2, -0.15) is 0 Å². The topological polar surface area (TPSA) is 49.7 Å². The van der Waals surface area contributed by atoms with Gasteiger partial charge in [0, 0.05) is 12.5 Å². The van der Waals surface area contributed by atoms with Crippen molar-refractivity contribution in [3.63, 3.8) is 0 Å². The second-order valence-corrected chi connectivity index (χ2v) is 14.6. The van der Waals surface area contributed by atoms with Crippen molar-refractivity contribution in [3.05, 3.63) is 96.6 Å². The maximum absolute atomic E-state index is 11.0. The van der Waals surface area contributed by atoms with E-state index >= 15 is 0 Å². The van der Waals surface area contributed by atoms with Gasteiger partial charge in [0.15, 0.2) is 0 Å². The van der Waals surface area contributed by atoms with Crippen molar-refractivity contribution >= 4 is 18.7 Å². The van der Waals surface area contributed by atoms with Gasteiger partial charge in [0.05, 0.1) is 11.7 Å². The average Bonchev–Trinajstić information content (AvgIpc) is 2.78. The zero-order valence-electron chi connectivity index (χ0n) is 20.5. The molecule has 3 rings (SSSR count).